The first-order valence-corrected chi connectivity index (χ1v) is 8.92. The van der Waals surface area contributed by atoms with Gasteiger partial charge in [-0.1, -0.05) is 54.6 Å². The molecule has 0 aliphatic heterocycles. The molecule has 0 unspecified atom stereocenters. The highest BCUT2D eigenvalue weighted by molar-refractivity contribution is 7.20. The molecule has 3 nitrogen and oxygen atoms in total. The third kappa shape index (κ3) is 2.70. The molecule has 1 heterocycles. The minimum Gasteiger partial charge on any atom is -0.506 e. The smallest absolute Gasteiger partial charge is 0.197 e. The monoisotopic (exact) mass is 358 g/mol. The molecule has 4 rings (SSSR count). The number of hydrogen-bond donors (Lipinski definition) is 1. The lowest BCUT2D eigenvalue weighted by atomic mass is 10.1. The Morgan fingerprint density at radius 3 is 2.15 bits per heavy atom. The van der Waals surface area contributed by atoms with Crippen molar-refractivity contribution in [3.63, 3.8) is 0 Å². The number of carbonyl (C=O) groups is 2. The number of carbonyl (C=O) groups excluding carboxylic acids is 2. The Morgan fingerprint density at radius 1 is 0.808 bits per heavy atom. The zero-order valence-electron chi connectivity index (χ0n) is 13.7. The van der Waals surface area contributed by atoms with Gasteiger partial charge in [0.05, 0.1) is 10.5 Å². The summed E-state index contributed by atoms with van der Waals surface area (Å²) in [6.45, 7) is 0. The Labute approximate surface area is 154 Å². The van der Waals surface area contributed by atoms with Crippen LogP contribution in [0.3, 0.4) is 0 Å². The van der Waals surface area contributed by atoms with Crippen molar-refractivity contribution in [2.75, 3.05) is 0 Å². The molecule has 0 saturated heterocycles. The fourth-order valence-electron chi connectivity index (χ4n) is 2.95. The highest BCUT2D eigenvalue weighted by Gasteiger charge is 2.31. The third-order valence-electron chi connectivity index (χ3n) is 4.23. The van der Waals surface area contributed by atoms with Gasteiger partial charge < -0.3 is 5.11 Å². The summed E-state index contributed by atoms with van der Waals surface area (Å²) >= 11 is 1.51. The van der Waals surface area contributed by atoms with Gasteiger partial charge in [-0.25, -0.2) is 0 Å². The molecule has 0 saturated carbocycles. The summed E-state index contributed by atoms with van der Waals surface area (Å²) in [7, 11) is 0. The van der Waals surface area contributed by atoms with Gasteiger partial charge in [-0.2, -0.15) is 0 Å². The van der Waals surface area contributed by atoms with Crippen LogP contribution in [0.5, 0.6) is 5.75 Å². The maximum atomic E-state index is 12.3. The van der Waals surface area contributed by atoms with E-state index in [1.165, 1.54) is 11.3 Å². The molecule has 4 heteroatoms. The zero-order valence-corrected chi connectivity index (χ0v) is 14.5. The Balaban J connectivity index is 1.53. The Bertz CT molecular complexity index is 1090. The van der Waals surface area contributed by atoms with Crippen molar-refractivity contribution in [1.29, 1.82) is 0 Å². The predicted molar refractivity (Wildman–Crippen MR) is 105 cm³/mol. The van der Waals surface area contributed by atoms with E-state index in [0.717, 1.165) is 15.0 Å². The molecule has 2 aromatic carbocycles. The van der Waals surface area contributed by atoms with Crippen LogP contribution in [0.1, 0.15) is 25.6 Å². The molecule has 0 spiro atoms. The topological polar surface area (TPSA) is 54.4 Å². The fourth-order valence-corrected chi connectivity index (χ4v) is 3.96. The van der Waals surface area contributed by atoms with Gasteiger partial charge in [0.2, 0.25) is 0 Å². The van der Waals surface area contributed by atoms with Gasteiger partial charge in [-0.05, 0) is 24.3 Å². The average molecular weight is 358 g/mol. The van der Waals surface area contributed by atoms with Crippen LogP contribution in [0.2, 0.25) is 0 Å². The first-order chi connectivity index (χ1) is 12.7. The maximum Gasteiger partial charge on any atom is 0.197 e. The number of thiophene rings is 1. The van der Waals surface area contributed by atoms with Gasteiger partial charge >= 0.3 is 0 Å². The van der Waals surface area contributed by atoms with E-state index < -0.39 is 0 Å². The lowest BCUT2D eigenvalue weighted by molar-refractivity contribution is 0.0989. The highest BCUT2D eigenvalue weighted by Crippen LogP contribution is 2.37. The number of benzene rings is 2. The van der Waals surface area contributed by atoms with E-state index in [0.29, 0.717) is 11.1 Å². The number of ketones is 2. The van der Waals surface area contributed by atoms with E-state index in [-0.39, 0.29) is 22.9 Å². The van der Waals surface area contributed by atoms with Crippen LogP contribution in [0.15, 0.2) is 78.4 Å². The van der Waals surface area contributed by atoms with Crippen LogP contribution in [-0.4, -0.2) is 16.7 Å². The number of fused-ring (bicyclic) bond motifs is 2. The van der Waals surface area contributed by atoms with Crippen molar-refractivity contribution in [3.8, 4) is 5.75 Å². The second kappa shape index (κ2) is 6.58. The molecule has 0 amide bonds. The average Bonchev–Trinajstić information content (AvgIpc) is 3.11. The van der Waals surface area contributed by atoms with E-state index in [9.17, 15) is 14.7 Å². The Kier molecular flexibility index (Phi) is 4.11. The fraction of sp³-hybridized carbons (Fsp3) is 0. The summed E-state index contributed by atoms with van der Waals surface area (Å²) in [6.07, 6.45) is 8.53. The summed E-state index contributed by atoms with van der Waals surface area (Å²) in [6, 6.07) is 14.5. The molecule has 1 aliphatic carbocycles. The summed E-state index contributed by atoms with van der Waals surface area (Å²) in [5.41, 5.74) is 1.10. The van der Waals surface area contributed by atoms with E-state index >= 15 is 0 Å². The summed E-state index contributed by atoms with van der Waals surface area (Å²) in [5, 5.41) is 11.1. The second-order valence-electron chi connectivity index (χ2n) is 5.84. The molecule has 3 aromatic rings. The van der Waals surface area contributed by atoms with Gasteiger partial charge in [-0.15, -0.1) is 11.3 Å². The van der Waals surface area contributed by atoms with Crippen molar-refractivity contribution in [3.05, 3.63) is 94.4 Å². The minimum atomic E-state index is -0.235. The molecular formula is C22H14O3S. The Morgan fingerprint density at radius 2 is 1.46 bits per heavy atom. The van der Waals surface area contributed by atoms with E-state index in [4.69, 9.17) is 0 Å². The highest BCUT2D eigenvalue weighted by atomic mass is 32.1. The van der Waals surface area contributed by atoms with E-state index in [2.05, 4.69) is 0 Å². The second-order valence-corrected chi connectivity index (χ2v) is 6.92. The van der Waals surface area contributed by atoms with Crippen LogP contribution in [-0.2, 0) is 0 Å². The van der Waals surface area contributed by atoms with Crippen molar-refractivity contribution in [2.45, 2.75) is 0 Å². The van der Waals surface area contributed by atoms with Crippen LogP contribution in [0.4, 0.5) is 0 Å². The standard InChI is InChI=1S/C22H14O3S/c23-20-14-8-4-5-9-15(14)21(24)17(20)11-2-1-3-13-19-22(25)16-10-6-7-12-18(16)26-19/h1-13,25H/b2-1+,13-3+. The largest absolute Gasteiger partial charge is 0.506 e. The van der Waals surface area contributed by atoms with Gasteiger partial charge in [0.1, 0.15) is 5.75 Å². The first-order valence-electron chi connectivity index (χ1n) is 8.11. The number of allylic oxidation sites excluding steroid dienone is 5. The molecule has 1 N–H and O–H groups in total. The minimum absolute atomic E-state index is 0.181. The summed E-state index contributed by atoms with van der Waals surface area (Å²) < 4.78 is 1.02. The van der Waals surface area contributed by atoms with Gasteiger partial charge in [-0.3, -0.25) is 9.59 Å². The number of Topliss-reactive ketones (excluding diaryl/α,β-unsaturated/α-hetero) is 2. The van der Waals surface area contributed by atoms with Crippen molar-refractivity contribution < 1.29 is 14.7 Å². The maximum absolute atomic E-state index is 12.3. The molecule has 0 bridgehead atoms. The third-order valence-corrected chi connectivity index (χ3v) is 5.36. The SMILES string of the molecule is O=C1C(=C/C=C/C=C/c2sc3ccccc3c2O)C(=O)c2ccccc21. The number of rotatable bonds is 3. The molecule has 0 fully saturated rings. The number of aromatic hydroxyl groups is 1. The number of hydrogen-bond acceptors (Lipinski definition) is 4. The van der Waals surface area contributed by atoms with Crippen molar-refractivity contribution in [1.82, 2.24) is 0 Å². The molecule has 0 radical (unpaired) electrons. The Hall–Kier alpha value is -3.24. The quantitative estimate of drug-likeness (QED) is 0.399. The van der Waals surface area contributed by atoms with E-state index in [1.54, 1.807) is 48.6 Å². The van der Waals surface area contributed by atoms with Crippen LogP contribution in [0, 0.1) is 0 Å². The predicted octanol–water partition coefficient (Wildman–Crippen LogP) is 5.18. The molecule has 26 heavy (non-hydrogen) atoms. The van der Waals surface area contributed by atoms with Crippen LogP contribution >= 0.6 is 11.3 Å². The van der Waals surface area contributed by atoms with Gasteiger partial charge in [0.15, 0.2) is 11.6 Å². The molecule has 0 atom stereocenters. The zero-order chi connectivity index (χ0) is 18.1. The lowest BCUT2D eigenvalue weighted by Crippen LogP contribution is -1.99. The van der Waals surface area contributed by atoms with Crippen LogP contribution < -0.4 is 0 Å². The van der Waals surface area contributed by atoms with Crippen molar-refractivity contribution >= 4 is 39.1 Å². The van der Waals surface area contributed by atoms with Crippen LogP contribution in [0.25, 0.3) is 16.2 Å². The lowest BCUT2D eigenvalue weighted by Gasteiger charge is -1.90. The normalized spacial score (nSPS) is 14.1. The molecule has 1 aliphatic rings. The van der Waals surface area contributed by atoms with Gasteiger partial charge in [0, 0.05) is 21.2 Å². The molecular weight excluding hydrogens is 344 g/mol. The summed E-state index contributed by atoms with van der Waals surface area (Å²) in [5.74, 6) is -0.201. The van der Waals surface area contributed by atoms with Crippen molar-refractivity contribution in [2.24, 2.45) is 0 Å². The van der Waals surface area contributed by atoms with Gasteiger partial charge in [0.25, 0.3) is 0 Å². The molecule has 126 valence electrons. The summed E-state index contributed by atoms with van der Waals surface area (Å²) in [4.78, 5) is 25.3. The van der Waals surface area contributed by atoms with E-state index in [1.807, 2.05) is 30.3 Å². The first kappa shape index (κ1) is 16.2. The molecule has 1 aromatic heterocycles.